The van der Waals surface area contributed by atoms with Gasteiger partial charge in [-0.3, -0.25) is 9.59 Å². The quantitative estimate of drug-likeness (QED) is 0.518. The number of nitrogen functional groups attached to an aromatic ring is 1. The normalized spacial score (nSPS) is 10.6. The van der Waals surface area contributed by atoms with Gasteiger partial charge in [0, 0.05) is 28.4 Å². The number of hydrogen-bond donors (Lipinski definition) is 1. The van der Waals surface area contributed by atoms with Crippen molar-refractivity contribution in [2.75, 3.05) is 12.3 Å². The zero-order valence-electron chi connectivity index (χ0n) is 11.0. The molecule has 0 unspecified atom stereocenters. The Morgan fingerprint density at radius 3 is 2.74 bits per heavy atom. The van der Waals surface area contributed by atoms with Crippen molar-refractivity contribution in [3.05, 3.63) is 30.0 Å². The minimum absolute atomic E-state index is 0.0572. The van der Waals surface area contributed by atoms with Crippen molar-refractivity contribution < 1.29 is 14.3 Å². The molecule has 0 bridgehead atoms. The number of ether oxygens (including phenoxy) is 1. The van der Waals surface area contributed by atoms with E-state index < -0.39 is 0 Å². The second kappa shape index (κ2) is 5.14. The summed E-state index contributed by atoms with van der Waals surface area (Å²) >= 11 is 0. The van der Waals surface area contributed by atoms with Crippen molar-refractivity contribution in [2.24, 2.45) is 0 Å². The molecule has 2 rings (SSSR count). The lowest BCUT2D eigenvalue weighted by molar-refractivity contribution is -0.143. The van der Waals surface area contributed by atoms with E-state index in [4.69, 9.17) is 10.5 Å². The average molecular weight is 260 g/mol. The fraction of sp³-hybridized carbons (Fsp3) is 0.286. The number of ketones is 1. The molecule has 0 saturated heterocycles. The second-order valence-corrected chi connectivity index (χ2v) is 4.31. The molecule has 100 valence electrons. The van der Waals surface area contributed by atoms with E-state index in [9.17, 15) is 9.59 Å². The number of aromatic nitrogens is 1. The summed E-state index contributed by atoms with van der Waals surface area (Å²) in [5.41, 5.74) is 7.69. The van der Waals surface area contributed by atoms with Crippen LogP contribution in [0, 0.1) is 0 Å². The van der Waals surface area contributed by atoms with E-state index in [-0.39, 0.29) is 18.3 Å². The van der Waals surface area contributed by atoms with Crippen LogP contribution in [0.3, 0.4) is 0 Å². The molecule has 1 aromatic heterocycles. The van der Waals surface area contributed by atoms with Gasteiger partial charge in [0.05, 0.1) is 6.61 Å². The molecular weight excluding hydrogens is 244 g/mol. The Bertz CT molecular complexity index is 643. The first-order valence-corrected chi connectivity index (χ1v) is 6.08. The topological polar surface area (TPSA) is 74.3 Å². The lowest BCUT2D eigenvalue weighted by Crippen LogP contribution is -2.12. The second-order valence-electron chi connectivity index (χ2n) is 4.31. The van der Waals surface area contributed by atoms with E-state index in [0.29, 0.717) is 17.9 Å². The molecule has 5 heteroatoms. The number of carbonyl (C=O) groups excluding carboxylic acids is 2. The molecule has 19 heavy (non-hydrogen) atoms. The van der Waals surface area contributed by atoms with Gasteiger partial charge in [-0.25, -0.2) is 0 Å². The zero-order valence-corrected chi connectivity index (χ0v) is 11.0. The minimum Gasteiger partial charge on any atom is -0.465 e. The van der Waals surface area contributed by atoms with Gasteiger partial charge in [0.15, 0.2) is 5.78 Å². The van der Waals surface area contributed by atoms with Crippen molar-refractivity contribution in [1.29, 1.82) is 0 Å². The Kier molecular flexibility index (Phi) is 3.55. The van der Waals surface area contributed by atoms with Gasteiger partial charge < -0.3 is 15.0 Å². The molecule has 0 fully saturated rings. The number of hydrogen-bond acceptors (Lipinski definition) is 4. The number of fused-ring (bicyclic) bond motifs is 1. The largest absolute Gasteiger partial charge is 0.465 e. The van der Waals surface area contributed by atoms with Crippen molar-refractivity contribution in [1.82, 2.24) is 4.57 Å². The number of Topliss-reactive ketones (excluding diaryl/α,β-unsaturated/α-hetero) is 1. The van der Waals surface area contributed by atoms with Crippen LogP contribution in [0.4, 0.5) is 5.69 Å². The first-order chi connectivity index (χ1) is 9.02. The fourth-order valence-electron chi connectivity index (χ4n) is 2.07. The van der Waals surface area contributed by atoms with Crippen LogP contribution in [0.2, 0.25) is 0 Å². The summed E-state index contributed by atoms with van der Waals surface area (Å²) in [5, 5.41) is 0.761. The molecule has 1 heterocycles. The van der Waals surface area contributed by atoms with E-state index in [0.717, 1.165) is 10.9 Å². The average Bonchev–Trinajstić information content (AvgIpc) is 2.67. The fourth-order valence-corrected chi connectivity index (χ4v) is 2.07. The predicted octanol–water partition coefficient (Wildman–Crippen LogP) is 1.99. The Balaban J connectivity index is 2.50. The van der Waals surface area contributed by atoms with E-state index in [1.807, 2.05) is 0 Å². The van der Waals surface area contributed by atoms with Gasteiger partial charge in [-0.05, 0) is 32.0 Å². The highest BCUT2D eigenvalue weighted by Crippen LogP contribution is 2.24. The van der Waals surface area contributed by atoms with Crippen LogP contribution >= 0.6 is 0 Å². The molecule has 0 aliphatic heterocycles. The number of rotatable bonds is 4. The van der Waals surface area contributed by atoms with Gasteiger partial charge in [-0.15, -0.1) is 0 Å². The van der Waals surface area contributed by atoms with Crippen LogP contribution in [0.5, 0.6) is 0 Å². The summed E-state index contributed by atoms with van der Waals surface area (Å²) in [6.07, 6.45) is 1.67. The molecule has 0 spiro atoms. The van der Waals surface area contributed by atoms with Crippen molar-refractivity contribution >= 4 is 28.3 Å². The highest BCUT2D eigenvalue weighted by molar-refractivity contribution is 6.07. The molecule has 1 aromatic carbocycles. The first-order valence-electron chi connectivity index (χ1n) is 6.08. The Hall–Kier alpha value is -2.30. The molecule has 2 N–H and O–H groups in total. The Morgan fingerprint density at radius 1 is 1.37 bits per heavy atom. The van der Waals surface area contributed by atoms with Crippen LogP contribution in [0.25, 0.3) is 10.9 Å². The van der Waals surface area contributed by atoms with Crippen molar-refractivity contribution in [3.63, 3.8) is 0 Å². The molecule has 0 aliphatic carbocycles. The van der Waals surface area contributed by atoms with E-state index in [2.05, 4.69) is 0 Å². The van der Waals surface area contributed by atoms with Crippen molar-refractivity contribution in [2.45, 2.75) is 20.4 Å². The van der Waals surface area contributed by atoms with Crippen LogP contribution in [-0.4, -0.2) is 22.9 Å². The van der Waals surface area contributed by atoms with Gasteiger partial charge in [-0.1, -0.05) is 0 Å². The highest BCUT2D eigenvalue weighted by atomic mass is 16.5. The Morgan fingerprint density at radius 2 is 2.11 bits per heavy atom. The van der Waals surface area contributed by atoms with Crippen molar-refractivity contribution in [3.8, 4) is 0 Å². The number of carbonyl (C=O) groups is 2. The third kappa shape index (κ3) is 2.59. The standard InChI is InChI=1S/C14H16N2O3/c1-3-19-14(18)8-16-7-12(9(2)17)11-6-10(15)4-5-13(11)16/h4-7H,3,8,15H2,1-2H3. The SMILES string of the molecule is CCOC(=O)Cn1cc(C(C)=O)c2cc(N)ccc21. The molecule has 0 saturated carbocycles. The number of esters is 1. The highest BCUT2D eigenvalue weighted by Gasteiger charge is 2.14. The summed E-state index contributed by atoms with van der Waals surface area (Å²) in [4.78, 5) is 23.2. The number of anilines is 1. The third-order valence-corrected chi connectivity index (χ3v) is 2.89. The molecule has 0 atom stereocenters. The van der Waals surface area contributed by atoms with Crippen LogP contribution in [0.1, 0.15) is 24.2 Å². The number of nitrogens with zero attached hydrogens (tertiary/aromatic N) is 1. The molecule has 0 radical (unpaired) electrons. The van der Waals surface area contributed by atoms with Gasteiger partial charge in [0.25, 0.3) is 0 Å². The maximum atomic E-state index is 11.6. The lowest BCUT2D eigenvalue weighted by atomic mass is 10.1. The van der Waals surface area contributed by atoms with Gasteiger partial charge in [0.2, 0.25) is 0 Å². The molecule has 2 aromatic rings. The summed E-state index contributed by atoms with van der Waals surface area (Å²) < 4.78 is 6.63. The lowest BCUT2D eigenvalue weighted by Gasteiger charge is -2.05. The predicted molar refractivity (Wildman–Crippen MR) is 73.0 cm³/mol. The molecule has 5 nitrogen and oxygen atoms in total. The molecule has 0 amide bonds. The minimum atomic E-state index is -0.327. The van der Waals surface area contributed by atoms with Crippen LogP contribution in [-0.2, 0) is 16.1 Å². The van der Waals surface area contributed by atoms with Crippen LogP contribution in [0.15, 0.2) is 24.4 Å². The van der Waals surface area contributed by atoms with Crippen LogP contribution < -0.4 is 5.73 Å². The monoisotopic (exact) mass is 260 g/mol. The van der Waals surface area contributed by atoms with Gasteiger partial charge >= 0.3 is 5.97 Å². The van der Waals surface area contributed by atoms with Gasteiger partial charge in [-0.2, -0.15) is 0 Å². The summed E-state index contributed by atoms with van der Waals surface area (Å²) in [7, 11) is 0. The maximum Gasteiger partial charge on any atom is 0.325 e. The van der Waals surface area contributed by atoms with E-state index >= 15 is 0 Å². The summed E-state index contributed by atoms with van der Waals surface area (Å²) in [6, 6.07) is 5.29. The number of benzene rings is 1. The van der Waals surface area contributed by atoms with E-state index in [1.165, 1.54) is 6.92 Å². The molecule has 0 aliphatic rings. The molecular formula is C14H16N2O3. The third-order valence-electron chi connectivity index (χ3n) is 2.89. The summed E-state index contributed by atoms with van der Waals surface area (Å²) in [5.74, 6) is -0.385. The summed E-state index contributed by atoms with van der Waals surface area (Å²) in [6.45, 7) is 3.67. The smallest absolute Gasteiger partial charge is 0.325 e. The first kappa shape index (κ1) is 13.1. The van der Waals surface area contributed by atoms with E-state index in [1.54, 1.807) is 35.9 Å². The maximum absolute atomic E-state index is 11.6. The Labute approximate surface area is 110 Å². The zero-order chi connectivity index (χ0) is 14.0. The number of nitrogens with two attached hydrogens (primary N) is 1. The van der Waals surface area contributed by atoms with Gasteiger partial charge in [0.1, 0.15) is 6.54 Å².